The molecule has 1 nitrogen and oxygen atoms in total. The largest absolute Gasteiger partial charge is 0.306 e. The molecule has 1 aliphatic rings. The topological polar surface area (TPSA) is 12.0 Å². The first kappa shape index (κ1) is 27.5. The highest BCUT2D eigenvalue weighted by molar-refractivity contribution is 9.10. The maximum atomic E-state index is 13.0. The summed E-state index contributed by atoms with van der Waals surface area (Å²) in [6, 6.07) is 13.6. The molecule has 162 valence electrons. The third kappa shape index (κ3) is 9.73. The Bertz CT molecular complexity index is 707. The van der Waals surface area contributed by atoms with Crippen LogP contribution < -0.4 is 5.32 Å². The number of halogens is 2. The van der Waals surface area contributed by atoms with Gasteiger partial charge in [0.1, 0.15) is 5.82 Å². The van der Waals surface area contributed by atoms with E-state index in [1.165, 1.54) is 35.3 Å². The van der Waals surface area contributed by atoms with Crippen LogP contribution in [0.3, 0.4) is 0 Å². The van der Waals surface area contributed by atoms with E-state index in [4.69, 9.17) is 0 Å². The van der Waals surface area contributed by atoms with Crippen LogP contribution in [-0.2, 0) is 6.54 Å². The maximum absolute atomic E-state index is 13.0. The Morgan fingerprint density at radius 3 is 2.21 bits per heavy atom. The maximum Gasteiger partial charge on any atom is 0.123 e. The van der Waals surface area contributed by atoms with E-state index in [-0.39, 0.29) is 5.82 Å². The molecule has 3 rings (SSSR count). The molecule has 0 saturated carbocycles. The molecule has 0 bridgehead atoms. The van der Waals surface area contributed by atoms with E-state index in [1.807, 2.05) is 53.7 Å². The van der Waals surface area contributed by atoms with E-state index < -0.39 is 0 Å². The molecule has 2 aromatic carbocycles. The van der Waals surface area contributed by atoms with Gasteiger partial charge in [-0.2, -0.15) is 0 Å². The number of nitrogens with one attached hydrogen (secondary N) is 1. The molecule has 2 aromatic rings. The lowest BCUT2D eigenvalue weighted by atomic mass is 9.89. The van der Waals surface area contributed by atoms with Gasteiger partial charge >= 0.3 is 0 Å². The number of allylic oxidation sites excluding steroid dienone is 1. The van der Waals surface area contributed by atoms with Crippen molar-refractivity contribution in [2.75, 3.05) is 0 Å². The van der Waals surface area contributed by atoms with Gasteiger partial charge in [0.15, 0.2) is 0 Å². The molecule has 1 unspecified atom stereocenters. The third-order valence-electron chi connectivity index (χ3n) is 4.39. The van der Waals surface area contributed by atoms with E-state index >= 15 is 0 Å². The lowest BCUT2D eigenvalue weighted by molar-refractivity contribution is 0.526. The zero-order valence-electron chi connectivity index (χ0n) is 19.3. The van der Waals surface area contributed by atoms with Gasteiger partial charge in [0.2, 0.25) is 0 Å². The molecule has 0 aromatic heterocycles. The van der Waals surface area contributed by atoms with E-state index in [1.54, 1.807) is 0 Å². The predicted octanol–water partition coefficient (Wildman–Crippen LogP) is 8.70. The second-order valence-corrected chi connectivity index (χ2v) is 7.07. The minimum Gasteiger partial charge on any atom is -0.306 e. The molecule has 1 N–H and O–H groups in total. The number of aryl methyl sites for hydroxylation is 1. The van der Waals surface area contributed by atoms with Gasteiger partial charge in [0.05, 0.1) is 0 Å². The second kappa shape index (κ2) is 16.4. The molecular formula is C26H39BrFN. The van der Waals surface area contributed by atoms with Crippen LogP contribution in [0.25, 0.3) is 5.57 Å². The Kier molecular flexibility index (Phi) is 15.5. The van der Waals surface area contributed by atoms with Gasteiger partial charge in [-0.05, 0) is 72.7 Å². The first-order valence-corrected chi connectivity index (χ1v) is 11.9. The molecule has 0 aliphatic heterocycles. The van der Waals surface area contributed by atoms with Crippen LogP contribution in [0.2, 0.25) is 0 Å². The summed E-state index contributed by atoms with van der Waals surface area (Å²) in [6.45, 7) is 14.9. The molecule has 0 saturated heterocycles. The van der Waals surface area contributed by atoms with Crippen LogP contribution in [0.1, 0.15) is 77.5 Å². The van der Waals surface area contributed by atoms with Gasteiger partial charge in [-0.3, -0.25) is 0 Å². The number of rotatable bonds is 4. The fourth-order valence-electron chi connectivity index (χ4n) is 3.10. The minimum absolute atomic E-state index is 0.182. The third-order valence-corrected chi connectivity index (χ3v) is 4.88. The molecule has 1 aliphatic carbocycles. The standard InChI is InChI=1S/C20H21BrFN.3C2H6/c1-14-5-8-17(21)12-20(14)16-3-2-4-19(11-16)23-13-15-6-9-18(22)10-7-15;3*1-2/h5-12,19,23H,2-4,13H2,1H3;3*1-2H3. The van der Waals surface area contributed by atoms with E-state index in [0.717, 1.165) is 29.4 Å². The fourth-order valence-corrected chi connectivity index (χ4v) is 3.46. The van der Waals surface area contributed by atoms with Gasteiger partial charge in [-0.15, -0.1) is 0 Å². The van der Waals surface area contributed by atoms with Crippen LogP contribution in [0.15, 0.2) is 53.0 Å². The molecule has 29 heavy (non-hydrogen) atoms. The molecule has 3 heteroatoms. The number of benzene rings is 2. The molecule has 1 atom stereocenters. The van der Waals surface area contributed by atoms with E-state index in [0.29, 0.717) is 6.04 Å². The SMILES string of the molecule is CC.CC.CC.Cc1ccc(Br)cc1C1=CC(NCc2ccc(F)cc2)CCC1. The lowest BCUT2D eigenvalue weighted by Crippen LogP contribution is -2.28. The van der Waals surface area contributed by atoms with Crippen molar-refractivity contribution >= 4 is 21.5 Å². The highest BCUT2D eigenvalue weighted by atomic mass is 79.9. The van der Waals surface area contributed by atoms with E-state index in [2.05, 4.69) is 52.4 Å². The smallest absolute Gasteiger partial charge is 0.123 e. The van der Waals surface area contributed by atoms with Crippen molar-refractivity contribution in [3.8, 4) is 0 Å². The van der Waals surface area contributed by atoms with Crippen molar-refractivity contribution < 1.29 is 4.39 Å². The lowest BCUT2D eigenvalue weighted by Gasteiger charge is -2.23. The average Bonchev–Trinajstić information content (AvgIpc) is 2.79. The highest BCUT2D eigenvalue weighted by Gasteiger charge is 2.15. The summed E-state index contributed by atoms with van der Waals surface area (Å²) in [5.74, 6) is -0.182. The van der Waals surface area contributed by atoms with Gasteiger partial charge in [-0.1, -0.05) is 81.7 Å². The van der Waals surface area contributed by atoms with Gasteiger partial charge in [0.25, 0.3) is 0 Å². The quantitative estimate of drug-likeness (QED) is 0.477. The molecule has 0 spiro atoms. The van der Waals surface area contributed by atoms with Gasteiger partial charge in [-0.25, -0.2) is 4.39 Å². The molecular weight excluding hydrogens is 425 g/mol. The zero-order chi connectivity index (χ0) is 22.2. The van der Waals surface area contributed by atoms with Crippen LogP contribution in [-0.4, -0.2) is 6.04 Å². The Morgan fingerprint density at radius 1 is 0.966 bits per heavy atom. The van der Waals surface area contributed by atoms with Crippen LogP contribution in [0.5, 0.6) is 0 Å². The van der Waals surface area contributed by atoms with Crippen LogP contribution >= 0.6 is 15.9 Å². The Balaban J connectivity index is 0.00000120. The van der Waals surface area contributed by atoms with Gasteiger partial charge < -0.3 is 5.32 Å². The van der Waals surface area contributed by atoms with Crippen molar-refractivity contribution in [3.63, 3.8) is 0 Å². The fraction of sp³-hybridized carbons (Fsp3) is 0.462. The van der Waals surface area contributed by atoms with Crippen molar-refractivity contribution in [3.05, 3.63) is 75.5 Å². The first-order chi connectivity index (χ1) is 14.1. The summed E-state index contributed by atoms with van der Waals surface area (Å²) in [5.41, 5.74) is 5.20. The van der Waals surface area contributed by atoms with Gasteiger partial charge in [0, 0.05) is 17.1 Å². The summed E-state index contributed by atoms with van der Waals surface area (Å²) in [7, 11) is 0. The Morgan fingerprint density at radius 2 is 1.59 bits per heavy atom. The van der Waals surface area contributed by atoms with Crippen molar-refractivity contribution in [1.29, 1.82) is 0 Å². The number of hydrogen-bond acceptors (Lipinski definition) is 1. The zero-order valence-corrected chi connectivity index (χ0v) is 20.9. The summed E-state index contributed by atoms with van der Waals surface area (Å²) >= 11 is 3.57. The molecule has 0 heterocycles. The highest BCUT2D eigenvalue weighted by Crippen LogP contribution is 2.31. The first-order valence-electron chi connectivity index (χ1n) is 11.1. The summed E-state index contributed by atoms with van der Waals surface area (Å²) in [6.07, 6.45) is 5.84. The van der Waals surface area contributed by atoms with Crippen molar-refractivity contribution in [2.24, 2.45) is 0 Å². The minimum atomic E-state index is -0.182. The monoisotopic (exact) mass is 463 g/mol. The Hall–Kier alpha value is -1.45. The second-order valence-electron chi connectivity index (χ2n) is 6.16. The van der Waals surface area contributed by atoms with Crippen LogP contribution in [0, 0.1) is 12.7 Å². The van der Waals surface area contributed by atoms with E-state index in [9.17, 15) is 4.39 Å². The molecule has 0 amide bonds. The number of hydrogen-bond donors (Lipinski definition) is 1. The van der Waals surface area contributed by atoms with Crippen molar-refractivity contribution in [1.82, 2.24) is 5.32 Å². The predicted molar refractivity (Wildman–Crippen MR) is 132 cm³/mol. The van der Waals surface area contributed by atoms with Crippen molar-refractivity contribution in [2.45, 2.75) is 80.3 Å². The molecule has 0 fully saturated rings. The average molecular weight is 465 g/mol. The Labute approximate surface area is 187 Å². The summed E-state index contributed by atoms with van der Waals surface area (Å²) in [5, 5.41) is 3.58. The van der Waals surface area contributed by atoms with Crippen LogP contribution in [0.4, 0.5) is 4.39 Å². The normalized spacial score (nSPS) is 14.8. The summed E-state index contributed by atoms with van der Waals surface area (Å²) in [4.78, 5) is 0. The molecule has 0 radical (unpaired) electrons. The summed E-state index contributed by atoms with van der Waals surface area (Å²) < 4.78 is 14.1.